The number of carbonyl (C=O) groups is 1. The summed E-state index contributed by atoms with van der Waals surface area (Å²) < 4.78 is 0. The summed E-state index contributed by atoms with van der Waals surface area (Å²) in [6.07, 6.45) is 3.30. The second-order valence-electron chi connectivity index (χ2n) is 4.78. The van der Waals surface area contributed by atoms with Gasteiger partial charge in [-0.05, 0) is 18.8 Å². The van der Waals surface area contributed by atoms with Crippen molar-refractivity contribution in [1.29, 1.82) is 0 Å². The lowest BCUT2D eigenvalue weighted by Crippen LogP contribution is -2.23. The lowest BCUT2D eigenvalue weighted by atomic mass is 9.86. The van der Waals surface area contributed by atoms with Crippen LogP contribution in [0.3, 0.4) is 0 Å². The molecule has 13 heavy (non-hydrogen) atoms. The number of hydrogen-bond acceptors (Lipinski definition) is 1. The molecule has 0 aliphatic heterocycles. The lowest BCUT2D eigenvalue weighted by molar-refractivity contribution is -0.145. The molecule has 2 atom stereocenters. The molecule has 1 aliphatic rings. The number of allylic oxidation sites excluding steroid dienone is 1. The molecule has 1 saturated carbocycles. The number of hydrogen-bond donors (Lipinski definition) is 1. The van der Waals surface area contributed by atoms with Crippen LogP contribution in [0.1, 0.15) is 33.6 Å². The van der Waals surface area contributed by atoms with Crippen molar-refractivity contribution >= 4 is 5.97 Å². The Bertz CT molecular complexity index is 244. The van der Waals surface area contributed by atoms with E-state index in [1.54, 1.807) is 6.08 Å². The first kappa shape index (κ1) is 10.3. The highest BCUT2D eigenvalue weighted by Gasteiger charge is 2.67. The van der Waals surface area contributed by atoms with Gasteiger partial charge < -0.3 is 5.11 Å². The summed E-state index contributed by atoms with van der Waals surface area (Å²) >= 11 is 0. The molecule has 0 aromatic carbocycles. The molecular formula is C11H18O2. The topological polar surface area (TPSA) is 37.3 Å². The third kappa shape index (κ3) is 1.38. The van der Waals surface area contributed by atoms with Gasteiger partial charge in [-0.25, -0.2) is 0 Å². The van der Waals surface area contributed by atoms with Crippen LogP contribution < -0.4 is 0 Å². The molecule has 2 heteroatoms. The van der Waals surface area contributed by atoms with Gasteiger partial charge in [0.05, 0.1) is 5.41 Å². The predicted octanol–water partition coefficient (Wildman–Crippen LogP) is 2.70. The summed E-state index contributed by atoms with van der Waals surface area (Å²) in [5, 5.41) is 9.17. The van der Waals surface area contributed by atoms with E-state index in [9.17, 15) is 9.90 Å². The average molecular weight is 182 g/mol. The molecule has 2 nitrogen and oxygen atoms in total. The van der Waals surface area contributed by atoms with Gasteiger partial charge >= 0.3 is 5.97 Å². The Labute approximate surface area is 79.6 Å². The Balaban J connectivity index is 2.83. The van der Waals surface area contributed by atoms with E-state index in [1.165, 1.54) is 0 Å². The quantitative estimate of drug-likeness (QED) is 0.679. The van der Waals surface area contributed by atoms with Crippen LogP contribution in [0.15, 0.2) is 12.7 Å². The van der Waals surface area contributed by atoms with Crippen molar-refractivity contribution in [2.24, 2.45) is 16.7 Å². The number of rotatable bonds is 4. The van der Waals surface area contributed by atoms with E-state index in [0.717, 1.165) is 12.8 Å². The fourth-order valence-corrected chi connectivity index (χ4v) is 2.26. The molecule has 0 aromatic rings. The molecule has 1 rings (SSSR count). The summed E-state index contributed by atoms with van der Waals surface area (Å²) in [5.74, 6) is -0.235. The van der Waals surface area contributed by atoms with E-state index < -0.39 is 11.4 Å². The van der Waals surface area contributed by atoms with Gasteiger partial charge in [0.2, 0.25) is 0 Å². The van der Waals surface area contributed by atoms with Crippen LogP contribution in [-0.2, 0) is 4.79 Å². The molecule has 0 amide bonds. The van der Waals surface area contributed by atoms with Gasteiger partial charge in [-0.1, -0.05) is 26.8 Å². The fraction of sp³-hybridized carbons (Fsp3) is 0.727. The van der Waals surface area contributed by atoms with Crippen molar-refractivity contribution in [3.05, 3.63) is 12.7 Å². The second kappa shape index (κ2) is 2.86. The van der Waals surface area contributed by atoms with Crippen LogP contribution in [-0.4, -0.2) is 11.1 Å². The molecule has 0 bridgehead atoms. The zero-order valence-electron chi connectivity index (χ0n) is 8.63. The van der Waals surface area contributed by atoms with Crippen LogP contribution in [0.5, 0.6) is 0 Å². The minimum Gasteiger partial charge on any atom is -0.481 e. The van der Waals surface area contributed by atoms with Gasteiger partial charge in [-0.3, -0.25) is 4.79 Å². The Morgan fingerprint density at radius 1 is 1.69 bits per heavy atom. The molecular weight excluding hydrogens is 164 g/mol. The van der Waals surface area contributed by atoms with E-state index in [-0.39, 0.29) is 5.41 Å². The van der Waals surface area contributed by atoms with Gasteiger partial charge in [0.15, 0.2) is 0 Å². The smallest absolute Gasteiger partial charge is 0.310 e. The molecule has 74 valence electrons. The van der Waals surface area contributed by atoms with Crippen LogP contribution in [0, 0.1) is 16.7 Å². The zero-order valence-corrected chi connectivity index (χ0v) is 8.63. The number of aliphatic carboxylic acids is 1. The monoisotopic (exact) mass is 182 g/mol. The first-order valence-electron chi connectivity index (χ1n) is 4.75. The van der Waals surface area contributed by atoms with E-state index in [2.05, 4.69) is 20.4 Å². The van der Waals surface area contributed by atoms with Crippen molar-refractivity contribution < 1.29 is 9.90 Å². The second-order valence-corrected chi connectivity index (χ2v) is 4.78. The Morgan fingerprint density at radius 3 is 2.46 bits per heavy atom. The van der Waals surface area contributed by atoms with Crippen molar-refractivity contribution in [3.8, 4) is 0 Å². The van der Waals surface area contributed by atoms with Crippen molar-refractivity contribution in [2.45, 2.75) is 33.6 Å². The number of carboxylic acid groups (broad SMARTS) is 1. The van der Waals surface area contributed by atoms with Crippen LogP contribution in [0.25, 0.3) is 0 Å². The minimum absolute atomic E-state index is 0.177. The highest BCUT2D eigenvalue weighted by molar-refractivity contribution is 5.80. The van der Waals surface area contributed by atoms with Gasteiger partial charge in [-0.15, -0.1) is 6.58 Å². The molecule has 1 fully saturated rings. The zero-order chi connectivity index (χ0) is 10.3. The summed E-state index contributed by atoms with van der Waals surface area (Å²) in [7, 11) is 0. The van der Waals surface area contributed by atoms with E-state index in [1.807, 2.05) is 6.92 Å². The largest absolute Gasteiger partial charge is 0.481 e. The molecule has 1 N–H and O–H groups in total. The third-order valence-corrected chi connectivity index (χ3v) is 3.25. The van der Waals surface area contributed by atoms with Gasteiger partial charge in [-0.2, -0.15) is 0 Å². The molecule has 0 heterocycles. The van der Waals surface area contributed by atoms with E-state index >= 15 is 0 Å². The van der Waals surface area contributed by atoms with Crippen LogP contribution in [0.4, 0.5) is 0 Å². The van der Waals surface area contributed by atoms with E-state index in [0.29, 0.717) is 5.92 Å². The summed E-state index contributed by atoms with van der Waals surface area (Å²) in [5.41, 5.74) is -0.702. The minimum atomic E-state index is -0.663. The van der Waals surface area contributed by atoms with Crippen molar-refractivity contribution in [3.63, 3.8) is 0 Å². The van der Waals surface area contributed by atoms with Gasteiger partial charge in [0.25, 0.3) is 0 Å². The summed E-state index contributed by atoms with van der Waals surface area (Å²) in [6, 6.07) is 0. The standard InChI is InChI=1S/C11H18O2/c1-5-10(4)7-11(10,9(12)13)6-8(2)3/h5,8H,1,6-7H2,2-4H3,(H,12,13)/t10-,11-/m1/s1. The fourth-order valence-electron chi connectivity index (χ4n) is 2.26. The maximum absolute atomic E-state index is 11.1. The molecule has 0 unspecified atom stereocenters. The Morgan fingerprint density at radius 2 is 2.23 bits per heavy atom. The summed E-state index contributed by atoms with van der Waals surface area (Å²) in [4.78, 5) is 11.1. The maximum atomic E-state index is 11.1. The lowest BCUT2D eigenvalue weighted by Gasteiger charge is -2.18. The Kier molecular flexibility index (Phi) is 2.27. The first-order valence-corrected chi connectivity index (χ1v) is 4.75. The highest BCUT2D eigenvalue weighted by Crippen LogP contribution is 2.67. The molecule has 1 aliphatic carbocycles. The third-order valence-electron chi connectivity index (χ3n) is 3.25. The first-order chi connectivity index (χ1) is 5.88. The summed E-state index contributed by atoms with van der Waals surface area (Å²) in [6.45, 7) is 9.82. The molecule has 0 aromatic heterocycles. The molecule has 0 radical (unpaired) electrons. The van der Waals surface area contributed by atoms with Gasteiger partial charge in [0.1, 0.15) is 0 Å². The van der Waals surface area contributed by atoms with Crippen LogP contribution in [0.2, 0.25) is 0 Å². The average Bonchev–Trinajstić information content (AvgIpc) is 2.58. The molecule has 0 saturated heterocycles. The SMILES string of the molecule is C=C[C@]1(C)C[C@]1(CC(C)C)C(=O)O. The Hall–Kier alpha value is -0.790. The predicted molar refractivity (Wildman–Crippen MR) is 52.4 cm³/mol. The van der Waals surface area contributed by atoms with Crippen LogP contribution >= 0.6 is 0 Å². The normalized spacial score (nSPS) is 37.5. The van der Waals surface area contributed by atoms with Gasteiger partial charge in [0, 0.05) is 5.41 Å². The maximum Gasteiger partial charge on any atom is 0.310 e. The molecule has 0 spiro atoms. The highest BCUT2D eigenvalue weighted by atomic mass is 16.4. The van der Waals surface area contributed by atoms with Crippen molar-refractivity contribution in [2.75, 3.05) is 0 Å². The number of carboxylic acids is 1. The van der Waals surface area contributed by atoms with Crippen molar-refractivity contribution in [1.82, 2.24) is 0 Å². The van der Waals surface area contributed by atoms with E-state index in [4.69, 9.17) is 0 Å².